The van der Waals surface area contributed by atoms with E-state index < -0.39 is 0 Å². The van der Waals surface area contributed by atoms with Crippen LogP contribution in [0.4, 0.5) is 5.69 Å². The van der Waals surface area contributed by atoms with Crippen LogP contribution < -0.4 is 10.2 Å². The number of benzene rings is 2. The maximum atomic E-state index is 12.7. The zero-order chi connectivity index (χ0) is 16.3. The molecule has 2 saturated carbocycles. The van der Waals surface area contributed by atoms with Crippen molar-refractivity contribution < 1.29 is 9.59 Å². The molecule has 0 radical (unpaired) electrons. The summed E-state index contributed by atoms with van der Waals surface area (Å²) in [6.45, 7) is 0.112. The fourth-order valence-electron chi connectivity index (χ4n) is 4.95. The van der Waals surface area contributed by atoms with Crippen LogP contribution in [0.5, 0.6) is 0 Å². The Kier molecular flexibility index (Phi) is 2.96. The summed E-state index contributed by atoms with van der Waals surface area (Å²) in [4.78, 5) is 26.9. The van der Waals surface area contributed by atoms with Crippen LogP contribution in [-0.2, 0) is 4.79 Å². The molecule has 2 fully saturated rings. The standard InChI is InChI=1S/C20H20N2O2/c23-18(21-16-10-12-7-8-14(16)9-12)11-22-17-6-2-4-13-3-1-5-15(19(13)17)20(22)24/h1-6,12,14,16H,7-11H2,(H,21,23)/t12-,14+,16+/m0/s1. The Labute approximate surface area is 140 Å². The fraction of sp³-hybridized carbons (Fsp3) is 0.400. The lowest BCUT2D eigenvalue weighted by molar-refractivity contribution is -0.120. The van der Waals surface area contributed by atoms with Gasteiger partial charge in [-0.15, -0.1) is 0 Å². The fourth-order valence-corrected chi connectivity index (χ4v) is 4.95. The highest BCUT2D eigenvalue weighted by Crippen LogP contribution is 2.44. The van der Waals surface area contributed by atoms with Crippen LogP contribution >= 0.6 is 0 Å². The lowest BCUT2D eigenvalue weighted by Crippen LogP contribution is -2.45. The number of carbonyl (C=O) groups excluding carboxylic acids is 2. The number of rotatable bonds is 3. The first-order chi connectivity index (χ1) is 11.7. The first-order valence-corrected chi connectivity index (χ1v) is 8.83. The van der Waals surface area contributed by atoms with Crippen molar-refractivity contribution in [3.63, 3.8) is 0 Å². The summed E-state index contributed by atoms with van der Waals surface area (Å²) in [5.74, 6) is 1.34. The molecule has 122 valence electrons. The van der Waals surface area contributed by atoms with Gasteiger partial charge in [-0.05, 0) is 48.6 Å². The Morgan fingerprint density at radius 3 is 2.71 bits per heavy atom. The molecule has 0 spiro atoms. The smallest absolute Gasteiger partial charge is 0.259 e. The molecule has 2 bridgehead atoms. The molecule has 2 aromatic carbocycles. The average Bonchev–Trinajstić information content (AvgIpc) is 3.26. The first-order valence-electron chi connectivity index (χ1n) is 8.83. The van der Waals surface area contributed by atoms with Gasteiger partial charge < -0.3 is 5.32 Å². The molecule has 4 nitrogen and oxygen atoms in total. The molecule has 3 atom stereocenters. The van der Waals surface area contributed by atoms with Gasteiger partial charge in [0, 0.05) is 17.0 Å². The summed E-state index contributed by atoms with van der Waals surface area (Å²) in [5, 5.41) is 5.20. The molecule has 2 aromatic rings. The number of amides is 2. The van der Waals surface area contributed by atoms with Crippen molar-refractivity contribution in [1.29, 1.82) is 0 Å². The number of anilines is 1. The van der Waals surface area contributed by atoms with Gasteiger partial charge in [0.1, 0.15) is 6.54 Å². The first kappa shape index (κ1) is 14.0. The Morgan fingerprint density at radius 2 is 1.96 bits per heavy atom. The van der Waals surface area contributed by atoms with Crippen molar-refractivity contribution >= 4 is 28.3 Å². The van der Waals surface area contributed by atoms with Gasteiger partial charge >= 0.3 is 0 Å². The van der Waals surface area contributed by atoms with Crippen molar-refractivity contribution in [2.24, 2.45) is 11.8 Å². The van der Waals surface area contributed by atoms with Crippen LogP contribution in [0, 0.1) is 11.8 Å². The molecule has 0 aromatic heterocycles. The van der Waals surface area contributed by atoms with E-state index in [9.17, 15) is 9.59 Å². The highest BCUT2D eigenvalue weighted by Gasteiger charge is 2.40. The van der Waals surface area contributed by atoms with Crippen LogP contribution in [0.15, 0.2) is 36.4 Å². The predicted octanol–water partition coefficient (Wildman–Crippen LogP) is 3.10. The van der Waals surface area contributed by atoms with Gasteiger partial charge in [-0.2, -0.15) is 0 Å². The monoisotopic (exact) mass is 320 g/mol. The topological polar surface area (TPSA) is 49.4 Å². The third kappa shape index (κ3) is 1.98. The maximum absolute atomic E-state index is 12.7. The van der Waals surface area contributed by atoms with E-state index in [1.165, 1.54) is 19.3 Å². The molecule has 0 saturated heterocycles. The maximum Gasteiger partial charge on any atom is 0.259 e. The molecule has 4 heteroatoms. The summed E-state index contributed by atoms with van der Waals surface area (Å²) in [7, 11) is 0. The number of hydrogen-bond donors (Lipinski definition) is 1. The van der Waals surface area contributed by atoms with E-state index in [1.54, 1.807) is 4.90 Å². The summed E-state index contributed by atoms with van der Waals surface area (Å²) < 4.78 is 0. The molecule has 1 N–H and O–H groups in total. The van der Waals surface area contributed by atoms with Crippen LogP contribution in [0.2, 0.25) is 0 Å². The van der Waals surface area contributed by atoms with Crippen LogP contribution in [0.25, 0.3) is 10.8 Å². The Hall–Kier alpha value is -2.36. The van der Waals surface area contributed by atoms with Gasteiger partial charge in [0.05, 0.1) is 5.69 Å². The van der Waals surface area contributed by atoms with Crippen LogP contribution in [-0.4, -0.2) is 24.4 Å². The normalized spacial score (nSPS) is 27.2. The average molecular weight is 320 g/mol. The van der Waals surface area contributed by atoms with Crippen molar-refractivity contribution in [3.8, 4) is 0 Å². The van der Waals surface area contributed by atoms with Crippen molar-refractivity contribution in [2.75, 3.05) is 11.4 Å². The number of carbonyl (C=O) groups is 2. The van der Waals surface area contributed by atoms with E-state index >= 15 is 0 Å². The minimum absolute atomic E-state index is 0.0364. The van der Waals surface area contributed by atoms with Crippen molar-refractivity contribution in [2.45, 2.75) is 31.7 Å². The minimum Gasteiger partial charge on any atom is -0.352 e. The lowest BCUT2D eigenvalue weighted by atomic mass is 9.95. The van der Waals surface area contributed by atoms with Crippen LogP contribution in [0.3, 0.4) is 0 Å². The van der Waals surface area contributed by atoms with Gasteiger partial charge in [-0.1, -0.05) is 30.7 Å². The van der Waals surface area contributed by atoms with Gasteiger partial charge in [0.15, 0.2) is 0 Å². The second-order valence-electron chi connectivity index (χ2n) is 7.42. The van der Waals surface area contributed by atoms with Gasteiger partial charge in [0.2, 0.25) is 5.91 Å². The van der Waals surface area contributed by atoms with E-state index in [0.29, 0.717) is 17.5 Å². The molecule has 3 aliphatic rings. The number of fused-ring (bicyclic) bond motifs is 2. The zero-order valence-electron chi connectivity index (χ0n) is 13.5. The Balaban J connectivity index is 1.37. The quantitative estimate of drug-likeness (QED) is 0.945. The van der Waals surface area contributed by atoms with E-state index in [0.717, 1.165) is 28.8 Å². The van der Waals surface area contributed by atoms with Crippen LogP contribution in [0.1, 0.15) is 36.0 Å². The molecule has 24 heavy (non-hydrogen) atoms. The van der Waals surface area contributed by atoms with Crippen molar-refractivity contribution in [1.82, 2.24) is 5.32 Å². The predicted molar refractivity (Wildman–Crippen MR) is 93.0 cm³/mol. The van der Waals surface area contributed by atoms with Gasteiger partial charge in [0.25, 0.3) is 5.91 Å². The zero-order valence-corrected chi connectivity index (χ0v) is 13.5. The molecule has 5 rings (SSSR count). The highest BCUT2D eigenvalue weighted by molar-refractivity contribution is 6.26. The minimum atomic E-state index is -0.0649. The summed E-state index contributed by atoms with van der Waals surface area (Å²) in [5.41, 5.74) is 1.56. The Morgan fingerprint density at radius 1 is 1.12 bits per heavy atom. The molecule has 1 heterocycles. The number of nitrogens with zero attached hydrogens (tertiary/aromatic N) is 1. The lowest BCUT2D eigenvalue weighted by Gasteiger charge is -2.24. The van der Waals surface area contributed by atoms with Gasteiger partial charge in [-0.3, -0.25) is 14.5 Å². The van der Waals surface area contributed by atoms with E-state index in [4.69, 9.17) is 0 Å². The third-order valence-corrected chi connectivity index (χ3v) is 6.04. The Bertz CT molecular complexity index is 855. The largest absolute Gasteiger partial charge is 0.352 e. The number of nitrogens with one attached hydrogen (secondary N) is 1. The molecule has 1 aliphatic heterocycles. The summed E-state index contributed by atoms with van der Waals surface area (Å²) in [6, 6.07) is 12.0. The molecule has 2 aliphatic carbocycles. The SMILES string of the molecule is O=C(CN1C(=O)c2cccc3cccc1c23)N[C@@H]1C[C@H]2CC[C@@H]1C2. The summed E-state index contributed by atoms with van der Waals surface area (Å²) >= 11 is 0. The third-order valence-electron chi connectivity index (χ3n) is 6.04. The van der Waals surface area contributed by atoms with E-state index in [-0.39, 0.29) is 18.4 Å². The molecular weight excluding hydrogens is 300 g/mol. The second kappa shape index (κ2) is 5.07. The van der Waals surface area contributed by atoms with Gasteiger partial charge in [-0.25, -0.2) is 0 Å². The second-order valence-corrected chi connectivity index (χ2v) is 7.42. The molecular formula is C20H20N2O2. The molecule has 0 unspecified atom stereocenters. The van der Waals surface area contributed by atoms with E-state index in [2.05, 4.69) is 5.32 Å². The number of hydrogen-bond acceptors (Lipinski definition) is 2. The van der Waals surface area contributed by atoms with Crippen molar-refractivity contribution in [3.05, 3.63) is 42.0 Å². The van der Waals surface area contributed by atoms with E-state index in [1.807, 2.05) is 36.4 Å². The molecule has 2 amide bonds. The highest BCUT2D eigenvalue weighted by atomic mass is 16.2. The summed E-state index contributed by atoms with van der Waals surface area (Å²) in [6.07, 6.45) is 4.93.